The van der Waals surface area contributed by atoms with Crippen molar-refractivity contribution in [1.82, 2.24) is 9.97 Å². The summed E-state index contributed by atoms with van der Waals surface area (Å²) in [6, 6.07) is 1.67. The lowest BCUT2D eigenvalue weighted by molar-refractivity contribution is 1.05. The fourth-order valence-electron chi connectivity index (χ4n) is 0.654. The standard InChI is InChI=1S/C6H8ClN3O/c7-2-4-8-5-1-3-9-6(11)10-5/h1,3H,2,4H2,(H2,8,9,10,11). The van der Waals surface area contributed by atoms with Crippen molar-refractivity contribution in [3.05, 3.63) is 22.7 Å². The molecule has 60 valence electrons. The maximum absolute atomic E-state index is 10.6. The second-order valence-electron chi connectivity index (χ2n) is 1.90. The Morgan fingerprint density at radius 3 is 3.18 bits per heavy atom. The third-order valence-corrected chi connectivity index (χ3v) is 1.27. The molecule has 0 amide bonds. The fraction of sp³-hybridized carbons (Fsp3) is 0.333. The highest BCUT2D eigenvalue weighted by Gasteiger charge is 1.89. The van der Waals surface area contributed by atoms with E-state index in [-0.39, 0.29) is 5.69 Å². The van der Waals surface area contributed by atoms with E-state index < -0.39 is 0 Å². The zero-order valence-corrected chi connectivity index (χ0v) is 6.56. The predicted octanol–water partition coefficient (Wildman–Crippen LogP) is 0.421. The number of nitrogens with zero attached hydrogens (tertiary/aromatic N) is 1. The van der Waals surface area contributed by atoms with Crippen molar-refractivity contribution in [2.75, 3.05) is 17.7 Å². The van der Waals surface area contributed by atoms with E-state index in [1.54, 1.807) is 6.07 Å². The van der Waals surface area contributed by atoms with E-state index in [1.165, 1.54) is 6.20 Å². The first kappa shape index (κ1) is 8.07. The first-order valence-electron chi connectivity index (χ1n) is 3.18. The first-order chi connectivity index (χ1) is 5.33. The molecule has 5 heteroatoms. The van der Waals surface area contributed by atoms with Gasteiger partial charge in [-0.2, -0.15) is 0 Å². The largest absolute Gasteiger partial charge is 0.370 e. The Morgan fingerprint density at radius 1 is 1.73 bits per heavy atom. The van der Waals surface area contributed by atoms with Gasteiger partial charge in [-0.25, -0.2) is 9.78 Å². The van der Waals surface area contributed by atoms with Gasteiger partial charge in [-0.1, -0.05) is 0 Å². The van der Waals surface area contributed by atoms with Gasteiger partial charge in [0.2, 0.25) is 0 Å². The second-order valence-corrected chi connectivity index (χ2v) is 2.28. The van der Waals surface area contributed by atoms with Crippen molar-refractivity contribution >= 4 is 17.4 Å². The van der Waals surface area contributed by atoms with Gasteiger partial charge in [0, 0.05) is 18.6 Å². The molecule has 1 heterocycles. The van der Waals surface area contributed by atoms with Crippen molar-refractivity contribution < 1.29 is 0 Å². The summed E-state index contributed by atoms with van der Waals surface area (Å²) < 4.78 is 0. The first-order valence-corrected chi connectivity index (χ1v) is 3.71. The summed E-state index contributed by atoms with van der Waals surface area (Å²) in [5.74, 6) is 1.15. The van der Waals surface area contributed by atoms with Crippen LogP contribution in [0.15, 0.2) is 17.1 Å². The van der Waals surface area contributed by atoms with Gasteiger partial charge in [0.1, 0.15) is 5.82 Å². The number of hydrogen-bond acceptors (Lipinski definition) is 3. The molecule has 0 saturated heterocycles. The number of aromatic nitrogens is 2. The highest BCUT2D eigenvalue weighted by molar-refractivity contribution is 6.18. The zero-order valence-electron chi connectivity index (χ0n) is 5.80. The van der Waals surface area contributed by atoms with Crippen LogP contribution in [-0.2, 0) is 0 Å². The molecule has 0 saturated carbocycles. The smallest absolute Gasteiger partial charge is 0.346 e. The Labute approximate surface area is 68.6 Å². The molecule has 0 fully saturated rings. The summed E-state index contributed by atoms with van der Waals surface area (Å²) >= 11 is 5.42. The van der Waals surface area contributed by atoms with E-state index in [0.29, 0.717) is 18.2 Å². The van der Waals surface area contributed by atoms with Crippen LogP contribution >= 0.6 is 11.6 Å². The summed E-state index contributed by atoms with van der Waals surface area (Å²) in [5.41, 5.74) is -0.357. The van der Waals surface area contributed by atoms with E-state index in [4.69, 9.17) is 11.6 Å². The minimum Gasteiger partial charge on any atom is -0.370 e. The Balaban J connectivity index is 2.64. The maximum atomic E-state index is 10.6. The van der Waals surface area contributed by atoms with E-state index in [1.807, 2.05) is 0 Å². The topological polar surface area (TPSA) is 57.8 Å². The van der Waals surface area contributed by atoms with Crippen molar-refractivity contribution in [2.24, 2.45) is 0 Å². The molecule has 4 nitrogen and oxygen atoms in total. The predicted molar refractivity (Wildman–Crippen MR) is 44.1 cm³/mol. The third-order valence-electron chi connectivity index (χ3n) is 1.08. The highest BCUT2D eigenvalue weighted by Crippen LogP contribution is 1.94. The number of H-pyrrole nitrogens is 1. The van der Waals surface area contributed by atoms with Crippen LogP contribution < -0.4 is 11.0 Å². The average Bonchev–Trinajstić information content (AvgIpc) is 2.01. The van der Waals surface area contributed by atoms with Crippen molar-refractivity contribution in [1.29, 1.82) is 0 Å². The molecule has 0 unspecified atom stereocenters. The van der Waals surface area contributed by atoms with Crippen molar-refractivity contribution in [3.63, 3.8) is 0 Å². The molecule has 1 rings (SSSR count). The molecule has 0 spiro atoms. The molecule has 1 aromatic heterocycles. The molecule has 0 aliphatic carbocycles. The number of nitrogens with one attached hydrogen (secondary N) is 2. The Morgan fingerprint density at radius 2 is 2.55 bits per heavy atom. The van der Waals surface area contributed by atoms with Gasteiger partial charge < -0.3 is 5.32 Å². The second kappa shape index (κ2) is 3.98. The van der Waals surface area contributed by atoms with Crippen LogP contribution in [-0.4, -0.2) is 22.4 Å². The van der Waals surface area contributed by atoms with Gasteiger partial charge in [0.15, 0.2) is 0 Å². The minimum absolute atomic E-state index is 0.357. The number of halogens is 1. The minimum atomic E-state index is -0.357. The van der Waals surface area contributed by atoms with Crippen molar-refractivity contribution in [2.45, 2.75) is 0 Å². The maximum Gasteiger partial charge on any atom is 0.346 e. The normalized spacial score (nSPS) is 9.55. The van der Waals surface area contributed by atoms with Crippen LogP contribution in [0.1, 0.15) is 0 Å². The molecule has 2 N–H and O–H groups in total. The highest BCUT2D eigenvalue weighted by atomic mass is 35.5. The summed E-state index contributed by atoms with van der Waals surface area (Å²) in [6.45, 7) is 0.626. The quantitative estimate of drug-likeness (QED) is 0.652. The third kappa shape index (κ3) is 2.59. The molecule has 0 aromatic carbocycles. The van der Waals surface area contributed by atoms with E-state index >= 15 is 0 Å². The summed E-state index contributed by atoms with van der Waals surface area (Å²) in [5, 5.41) is 2.91. The molecule has 0 radical (unpaired) electrons. The number of rotatable bonds is 3. The number of aromatic amines is 1. The average molecular weight is 174 g/mol. The number of alkyl halides is 1. The van der Waals surface area contributed by atoms with Crippen LogP contribution in [0.3, 0.4) is 0 Å². The van der Waals surface area contributed by atoms with Gasteiger partial charge in [-0.05, 0) is 6.07 Å². The Kier molecular flexibility index (Phi) is 2.92. The summed E-state index contributed by atoms with van der Waals surface area (Å²) in [7, 11) is 0. The number of anilines is 1. The molecule has 11 heavy (non-hydrogen) atoms. The van der Waals surface area contributed by atoms with E-state index in [9.17, 15) is 4.79 Å². The van der Waals surface area contributed by atoms with E-state index in [2.05, 4.69) is 15.3 Å². The zero-order chi connectivity index (χ0) is 8.10. The molecule has 0 atom stereocenters. The van der Waals surface area contributed by atoms with Crippen LogP contribution in [0, 0.1) is 0 Å². The molecule has 1 aromatic rings. The van der Waals surface area contributed by atoms with Gasteiger partial charge in [0.05, 0.1) is 0 Å². The Hall–Kier alpha value is -1.03. The molecule has 0 bridgehead atoms. The lowest BCUT2D eigenvalue weighted by Gasteiger charge is -2.00. The Bertz CT molecular complexity index is 273. The summed E-state index contributed by atoms with van der Waals surface area (Å²) in [4.78, 5) is 16.6. The van der Waals surface area contributed by atoms with Crippen LogP contribution in [0.2, 0.25) is 0 Å². The molecular weight excluding hydrogens is 166 g/mol. The molecular formula is C6H8ClN3O. The van der Waals surface area contributed by atoms with Crippen LogP contribution in [0.4, 0.5) is 5.82 Å². The van der Waals surface area contributed by atoms with Gasteiger partial charge in [0.25, 0.3) is 0 Å². The lowest BCUT2D eigenvalue weighted by atomic mass is 10.5. The van der Waals surface area contributed by atoms with Crippen LogP contribution in [0.5, 0.6) is 0 Å². The fourth-order valence-corrected chi connectivity index (χ4v) is 0.748. The van der Waals surface area contributed by atoms with Crippen LogP contribution in [0.25, 0.3) is 0 Å². The van der Waals surface area contributed by atoms with E-state index in [0.717, 1.165) is 0 Å². The lowest BCUT2D eigenvalue weighted by Crippen LogP contribution is -2.13. The molecule has 0 aliphatic rings. The summed E-state index contributed by atoms with van der Waals surface area (Å²) in [6.07, 6.45) is 1.44. The molecule has 0 aliphatic heterocycles. The van der Waals surface area contributed by atoms with Gasteiger partial charge in [-0.3, -0.25) is 4.98 Å². The number of hydrogen-bond donors (Lipinski definition) is 2. The monoisotopic (exact) mass is 173 g/mol. The van der Waals surface area contributed by atoms with Gasteiger partial charge >= 0.3 is 5.69 Å². The van der Waals surface area contributed by atoms with Crippen molar-refractivity contribution in [3.8, 4) is 0 Å². The SMILES string of the molecule is O=c1nccc(NCCCl)[nH]1. The van der Waals surface area contributed by atoms with Gasteiger partial charge in [-0.15, -0.1) is 11.6 Å².